The number of rotatable bonds is 4. The van der Waals surface area contributed by atoms with Crippen LogP contribution in [0.1, 0.15) is 29.9 Å². The first-order valence-electron chi connectivity index (χ1n) is 14.1. The number of imide groups is 2. The van der Waals surface area contributed by atoms with Crippen LogP contribution < -0.4 is 4.90 Å². The summed E-state index contributed by atoms with van der Waals surface area (Å²) in [5, 5.41) is 10.9. The first-order chi connectivity index (χ1) is 21.0. The van der Waals surface area contributed by atoms with E-state index in [1.165, 1.54) is 29.2 Å². The van der Waals surface area contributed by atoms with E-state index in [1.807, 2.05) is 6.07 Å². The number of amides is 4. The first-order valence-corrected chi connectivity index (χ1v) is 14.8. The fourth-order valence-corrected chi connectivity index (χ4v) is 8.42. The second-order valence-electron chi connectivity index (χ2n) is 11.7. The minimum Gasteiger partial charge on any atom is -0.505 e. The molecule has 0 radical (unpaired) electrons. The summed E-state index contributed by atoms with van der Waals surface area (Å²) < 4.78 is 28.6. The van der Waals surface area contributed by atoms with Gasteiger partial charge in [0.2, 0.25) is 11.8 Å². The van der Waals surface area contributed by atoms with Crippen LogP contribution in [-0.2, 0) is 25.7 Å². The van der Waals surface area contributed by atoms with Gasteiger partial charge in [0, 0.05) is 11.5 Å². The number of phenols is 1. The number of carbonyl (C=O) groups is 4. The number of hydrogen-bond acceptors (Lipinski definition) is 5. The normalized spacial score (nSPS) is 31.1. The van der Waals surface area contributed by atoms with Gasteiger partial charge in [0.05, 0.1) is 24.1 Å². The van der Waals surface area contributed by atoms with Crippen LogP contribution in [0, 0.1) is 29.4 Å². The van der Waals surface area contributed by atoms with E-state index in [2.05, 4.69) is 0 Å². The third-order valence-corrected chi connectivity index (χ3v) is 10.9. The van der Waals surface area contributed by atoms with Gasteiger partial charge in [0.25, 0.3) is 11.8 Å². The van der Waals surface area contributed by atoms with Gasteiger partial charge in [-0.05, 0) is 54.7 Å². The summed E-state index contributed by atoms with van der Waals surface area (Å²) in [7, 11) is 0. The maximum absolute atomic E-state index is 14.8. The van der Waals surface area contributed by atoms with E-state index >= 15 is 0 Å². The van der Waals surface area contributed by atoms with E-state index in [9.17, 15) is 33.1 Å². The second kappa shape index (κ2) is 9.97. The molecule has 1 N–H and O–H groups in total. The zero-order valence-electron chi connectivity index (χ0n) is 22.9. The van der Waals surface area contributed by atoms with Crippen molar-refractivity contribution in [2.75, 3.05) is 4.90 Å². The lowest BCUT2D eigenvalue weighted by atomic mass is 9.56. The monoisotopic (exact) mass is 636 g/mol. The molecule has 2 saturated heterocycles. The molecule has 0 spiro atoms. The number of aromatic hydroxyl groups is 1. The van der Waals surface area contributed by atoms with Crippen molar-refractivity contribution in [1.29, 1.82) is 0 Å². The molecule has 3 aromatic rings. The Bertz CT molecular complexity index is 1780. The molecule has 7 rings (SSSR count). The highest BCUT2D eigenvalue weighted by molar-refractivity contribution is 6.58. The van der Waals surface area contributed by atoms with Gasteiger partial charge in [0.15, 0.2) is 21.3 Å². The Balaban J connectivity index is 1.38. The van der Waals surface area contributed by atoms with Gasteiger partial charge < -0.3 is 5.11 Å². The van der Waals surface area contributed by atoms with E-state index in [4.69, 9.17) is 23.2 Å². The molecule has 2 heterocycles. The molecular weight excluding hydrogens is 613 g/mol. The van der Waals surface area contributed by atoms with Crippen LogP contribution in [0.4, 0.5) is 14.5 Å². The fourth-order valence-electron chi connectivity index (χ4n) is 7.50. The Kier molecular flexibility index (Phi) is 6.50. The molecule has 3 aromatic carbocycles. The minimum absolute atomic E-state index is 0.0223. The zero-order valence-corrected chi connectivity index (χ0v) is 24.4. The van der Waals surface area contributed by atoms with Gasteiger partial charge in [-0.3, -0.25) is 24.1 Å². The summed E-state index contributed by atoms with van der Waals surface area (Å²) in [6, 6.07) is 17.4. The van der Waals surface area contributed by atoms with E-state index in [-0.39, 0.29) is 36.5 Å². The SMILES string of the molecule is O=C1C2CC=C3C(CC4(Cl)C(=O)N(c5ccc(F)cc5)C(=O)C4(Cl)C3c3cccc(F)c3O)C2C(=O)N1Cc1ccccc1. The standard InChI is InChI=1S/C33H24Cl2F2N2O5/c34-32-15-23-20(13-14-21-25(23)29(42)38(28(21)41)16-17-5-2-1-3-6-17)26(22-7-4-8-24(37)27(22)40)33(32,35)31(44)39(30(32)43)19-11-9-18(36)10-12-19/h1-13,21,23,25-26,40H,14-16H2. The van der Waals surface area contributed by atoms with Gasteiger partial charge in [-0.25, -0.2) is 13.7 Å². The average molecular weight is 637 g/mol. The smallest absolute Gasteiger partial charge is 0.258 e. The molecule has 224 valence electrons. The fraction of sp³-hybridized carbons (Fsp3) is 0.273. The van der Waals surface area contributed by atoms with Crippen LogP contribution in [0.2, 0.25) is 0 Å². The molecule has 1 saturated carbocycles. The number of nitrogens with zero attached hydrogens (tertiary/aromatic N) is 2. The number of anilines is 1. The Morgan fingerprint density at radius 1 is 0.841 bits per heavy atom. The number of benzene rings is 3. The second-order valence-corrected chi connectivity index (χ2v) is 12.9. The number of allylic oxidation sites excluding steroid dienone is 2. The predicted octanol–water partition coefficient (Wildman–Crippen LogP) is 5.43. The molecule has 11 heteroatoms. The maximum atomic E-state index is 14.8. The molecule has 4 amide bonds. The van der Waals surface area contributed by atoms with E-state index in [1.54, 1.807) is 30.3 Å². The van der Waals surface area contributed by atoms with Crippen LogP contribution >= 0.6 is 23.2 Å². The van der Waals surface area contributed by atoms with Crippen molar-refractivity contribution in [3.05, 3.63) is 107 Å². The molecule has 7 nitrogen and oxygen atoms in total. The van der Waals surface area contributed by atoms with E-state index < -0.39 is 68.5 Å². The van der Waals surface area contributed by atoms with Crippen LogP contribution in [0.25, 0.3) is 0 Å². The minimum atomic E-state index is -2.27. The number of hydrogen-bond donors (Lipinski definition) is 1. The summed E-state index contributed by atoms with van der Waals surface area (Å²) in [4.78, 5) is 53.6. The van der Waals surface area contributed by atoms with Crippen LogP contribution in [-0.4, -0.2) is 43.4 Å². The maximum Gasteiger partial charge on any atom is 0.258 e. The number of phenolic OH excluding ortho intramolecular Hbond substituents is 1. The number of fused-ring (bicyclic) bond motifs is 4. The number of likely N-dealkylation sites (tertiary alicyclic amines) is 1. The summed E-state index contributed by atoms with van der Waals surface area (Å²) in [5.41, 5.74) is 1.11. The third-order valence-electron chi connectivity index (χ3n) is 9.50. The van der Waals surface area contributed by atoms with Crippen molar-refractivity contribution in [3.63, 3.8) is 0 Å². The van der Waals surface area contributed by atoms with Gasteiger partial charge in [0.1, 0.15) is 5.82 Å². The summed E-state index contributed by atoms with van der Waals surface area (Å²) in [6.45, 7) is 0.0584. The molecule has 2 aliphatic heterocycles. The Morgan fingerprint density at radius 2 is 1.55 bits per heavy atom. The largest absolute Gasteiger partial charge is 0.505 e. The van der Waals surface area contributed by atoms with Gasteiger partial charge >= 0.3 is 0 Å². The third kappa shape index (κ3) is 3.78. The van der Waals surface area contributed by atoms with E-state index in [0.717, 1.165) is 28.7 Å². The Labute approximate surface area is 260 Å². The molecular formula is C33H24Cl2F2N2O5. The molecule has 4 aliphatic rings. The van der Waals surface area contributed by atoms with Crippen molar-refractivity contribution in [1.82, 2.24) is 4.90 Å². The van der Waals surface area contributed by atoms with Crippen molar-refractivity contribution < 1.29 is 33.1 Å². The lowest BCUT2D eigenvalue weighted by Crippen LogP contribution is -2.60. The number of alkyl halides is 2. The lowest BCUT2D eigenvalue weighted by Gasteiger charge is -2.50. The molecule has 0 bridgehead atoms. The molecule has 6 unspecified atom stereocenters. The van der Waals surface area contributed by atoms with Crippen molar-refractivity contribution in [2.45, 2.75) is 35.1 Å². The van der Waals surface area contributed by atoms with Gasteiger partial charge in [-0.1, -0.05) is 54.1 Å². The molecule has 44 heavy (non-hydrogen) atoms. The van der Waals surface area contributed by atoms with Crippen molar-refractivity contribution in [2.24, 2.45) is 17.8 Å². The highest BCUT2D eigenvalue weighted by Crippen LogP contribution is 2.66. The van der Waals surface area contributed by atoms with E-state index in [0.29, 0.717) is 5.57 Å². The molecule has 2 aliphatic carbocycles. The van der Waals surface area contributed by atoms with Gasteiger partial charge in [-0.15, -0.1) is 23.2 Å². The average Bonchev–Trinajstić information content (AvgIpc) is 3.33. The van der Waals surface area contributed by atoms with Crippen LogP contribution in [0.3, 0.4) is 0 Å². The Hall–Kier alpha value is -4.08. The lowest BCUT2D eigenvalue weighted by molar-refractivity contribution is -0.141. The Morgan fingerprint density at radius 3 is 2.25 bits per heavy atom. The predicted molar refractivity (Wildman–Crippen MR) is 157 cm³/mol. The topological polar surface area (TPSA) is 95.0 Å². The van der Waals surface area contributed by atoms with Crippen LogP contribution in [0.5, 0.6) is 5.75 Å². The molecule has 3 fully saturated rings. The van der Waals surface area contributed by atoms with Gasteiger partial charge in [-0.2, -0.15) is 0 Å². The highest BCUT2D eigenvalue weighted by atomic mass is 35.5. The summed E-state index contributed by atoms with van der Waals surface area (Å²) in [5.74, 6) is -8.85. The van der Waals surface area contributed by atoms with Crippen molar-refractivity contribution in [3.8, 4) is 5.75 Å². The first kappa shape index (κ1) is 28.7. The van der Waals surface area contributed by atoms with Crippen molar-refractivity contribution >= 4 is 52.5 Å². The number of halogens is 4. The number of carbonyl (C=O) groups excluding carboxylic acids is 4. The summed E-state index contributed by atoms with van der Waals surface area (Å²) >= 11 is 14.5. The number of para-hydroxylation sites is 1. The zero-order chi connectivity index (χ0) is 31.1. The highest BCUT2D eigenvalue weighted by Gasteiger charge is 2.77. The van der Waals surface area contributed by atoms with Crippen LogP contribution in [0.15, 0.2) is 84.4 Å². The molecule has 6 atom stereocenters. The summed E-state index contributed by atoms with van der Waals surface area (Å²) in [6.07, 6.45) is 1.56. The quantitative estimate of drug-likeness (QED) is 0.234. The molecule has 0 aromatic heterocycles.